The summed E-state index contributed by atoms with van der Waals surface area (Å²) in [6, 6.07) is 8.70. The van der Waals surface area contributed by atoms with Gasteiger partial charge in [0.2, 0.25) is 5.95 Å². The number of aromatic hydroxyl groups is 1. The molecule has 0 saturated carbocycles. The fourth-order valence-corrected chi connectivity index (χ4v) is 3.66. The van der Waals surface area contributed by atoms with Gasteiger partial charge in [0.25, 0.3) is 5.56 Å². The predicted molar refractivity (Wildman–Crippen MR) is 103 cm³/mol. The number of rotatable bonds is 3. The first-order valence-electron chi connectivity index (χ1n) is 8.69. The van der Waals surface area contributed by atoms with Gasteiger partial charge >= 0.3 is 0 Å². The van der Waals surface area contributed by atoms with E-state index in [0.29, 0.717) is 30.4 Å². The van der Waals surface area contributed by atoms with Crippen molar-refractivity contribution in [2.75, 3.05) is 11.4 Å². The summed E-state index contributed by atoms with van der Waals surface area (Å²) in [7, 11) is 0. The highest BCUT2D eigenvalue weighted by Crippen LogP contribution is 2.34. The molecule has 0 radical (unpaired) electrons. The molecule has 1 N–H and O–H groups in total. The molecule has 1 aliphatic rings. The van der Waals surface area contributed by atoms with E-state index in [2.05, 4.69) is 15.0 Å². The zero-order chi connectivity index (χ0) is 19.0. The number of hydrogen-bond donors (Lipinski definition) is 1. The summed E-state index contributed by atoms with van der Waals surface area (Å²) in [5.74, 6) is 0.745. The van der Waals surface area contributed by atoms with Crippen molar-refractivity contribution >= 4 is 17.5 Å². The Bertz CT molecular complexity index is 1040. The molecule has 1 unspecified atom stereocenters. The molecule has 0 bridgehead atoms. The Balaban J connectivity index is 1.86. The lowest BCUT2D eigenvalue weighted by atomic mass is 10.1. The minimum atomic E-state index is -0.288. The topological polar surface area (TPSA) is 84.1 Å². The minimum Gasteiger partial charge on any atom is -0.508 e. The summed E-state index contributed by atoms with van der Waals surface area (Å²) in [5.41, 5.74) is 1.33. The maximum absolute atomic E-state index is 12.9. The van der Waals surface area contributed by atoms with E-state index < -0.39 is 0 Å². The van der Waals surface area contributed by atoms with E-state index >= 15 is 0 Å². The maximum atomic E-state index is 12.9. The molecule has 0 spiro atoms. The maximum Gasteiger partial charge on any atom is 0.274 e. The predicted octanol–water partition coefficient (Wildman–Crippen LogP) is 3.03. The molecule has 1 aliphatic heterocycles. The highest BCUT2D eigenvalue weighted by molar-refractivity contribution is 6.32. The lowest BCUT2D eigenvalue weighted by Crippen LogP contribution is -2.40. The van der Waals surface area contributed by atoms with Gasteiger partial charge < -0.3 is 10.0 Å². The number of anilines is 1. The molecule has 0 aliphatic carbocycles. The Labute approximate surface area is 160 Å². The van der Waals surface area contributed by atoms with E-state index in [-0.39, 0.29) is 22.4 Å². The van der Waals surface area contributed by atoms with E-state index in [1.165, 1.54) is 6.33 Å². The third-order valence-electron chi connectivity index (χ3n) is 4.81. The number of phenolic OH excluding ortho intramolecular Hbond substituents is 1. The number of hydrogen-bond acceptors (Lipinski definition) is 6. The fraction of sp³-hybridized carbons (Fsp3) is 0.263. The second kappa shape index (κ2) is 7.00. The van der Waals surface area contributed by atoms with Crippen LogP contribution in [0.2, 0.25) is 5.02 Å². The summed E-state index contributed by atoms with van der Waals surface area (Å²) < 4.78 is 1.59. The second-order valence-corrected chi connectivity index (χ2v) is 6.79. The molecule has 27 heavy (non-hydrogen) atoms. The van der Waals surface area contributed by atoms with Crippen molar-refractivity contribution in [3.63, 3.8) is 0 Å². The normalized spacial score (nSPS) is 14.7. The summed E-state index contributed by atoms with van der Waals surface area (Å²) in [4.78, 5) is 27.6. The van der Waals surface area contributed by atoms with Crippen molar-refractivity contribution < 1.29 is 5.11 Å². The molecule has 4 rings (SSSR count). The van der Waals surface area contributed by atoms with E-state index in [4.69, 9.17) is 11.6 Å². The summed E-state index contributed by atoms with van der Waals surface area (Å²) >= 11 is 6.32. The number of halogens is 1. The quantitative estimate of drug-likeness (QED) is 0.748. The number of nitrogens with zero attached hydrogens (tertiary/aromatic N) is 5. The van der Waals surface area contributed by atoms with Crippen LogP contribution >= 0.6 is 11.6 Å². The van der Waals surface area contributed by atoms with E-state index in [9.17, 15) is 9.90 Å². The van der Waals surface area contributed by atoms with Crippen LogP contribution in [0.3, 0.4) is 0 Å². The van der Waals surface area contributed by atoms with Gasteiger partial charge in [0, 0.05) is 24.8 Å². The van der Waals surface area contributed by atoms with E-state index in [1.54, 1.807) is 29.0 Å². The van der Waals surface area contributed by atoms with E-state index in [1.807, 2.05) is 24.0 Å². The highest BCUT2D eigenvalue weighted by Gasteiger charge is 2.28. The standard InChI is InChI=1S/C19H18ClN5O2/c1-12(13-5-2-3-6-15(13)26)24-9-4-10-25-18(27)16(20)17(23-19(24)25)14-7-8-21-11-22-14/h2-3,5-8,11-12,26H,4,9-10H2,1H3. The Morgan fingerprint density at radius 1 is 1.22 bits per heavy atom. The Kier molecular flexibility index (Phi) is 4.53. The second-order valence-electron chi connectivity index (χ2n) is 6.41. The molecular weight excluding hydrogens is 366 g/mol. The lowest BCUT2D eigenvalue weighted by molar-refractivity contribution is 0.450. The van der Waals surface area contributed by atoms with Gasteiger partial charge in [0.15, 0.2) is 0 Å². The Hall–Kier alpha value is -2.93. The molecule has 3 heterocycles. The van der Waals surface area contributed by atoms with Crippen LogP contribution in [0.25, 0.3) is 11.4 Å². The van der Waals surface area contributed by atoms with Gasteiger partial charge in [-0.25, -0.2) is 15.0 Å². The van der Waals surface area contributed by atoms with Crippen LogP contribution in [0.15, 0.2) is 47.7 Å². The fourth-order valence-electron chi connectivity index (χ4n) is 3.42. The van der Waals surface area contributed by atoms with Gasteiger partial charge in [-0.3, -0.25) is 9.36 Å². The first kappa shape index (κ1) is 17.5. The molecule has 3 aromatic rings. The van der Waals surface area contributed by atoms with Gasteiger partial charge in [0.1, 0.15) is 22.8 Å². The van der Waals surface area contributed by atoms with Gasteiger partial charge in [-0.2, -0.15) is 0 Å². The van der Waals surface area contributed by atoms with Crippen molar-refractivity contribution in [1.82, 2.24) is 19.5 Å². The van der Waals surface area contributed by atoms with Crippen LogP contribution in [0.4, 0.5) is 5.95 Å². The SMILES string of the molecule is CC(c1ccccc1O)N1CCCn2c1nc(-c1ccncn1)c(Cl)c2=O. The van der Waals surface area contributed by atoms with Crippen molar-refractivity contribution in [3.8, 4) is 17.1 Å². The molecule has 0 amide bonds. The monoisotopic (exact) mass is 383 g/mol. The third-order valence-corrected chi connectivity index (χ3v) is 5.15. The minimum absolute atomic E-state index is 0.0505. The molecule has 138 valence electrons. The van der Waals surface area contributed by atoms with Crippen molar-refractivity contribution in [2.24, 2.45) is 0 Å². The van der Waals surface area contributed by atoms with Crippen molar-refractivity contribution in [1.29, 1.82) is 0 Å². The molecule has 1 aromatic carbocycles. The molecule has 7 nitrogen and oxygen atoms in total. The third kappa shape index (κ3) is 3.04. The van der Waals surface area contributed by atoms with Gasteiger partial charge in [-0.15, -0.1) is 0 Å². The molecule has 1 atom stereocenters. The van der Waals surface area contributed by atoms with Crippen LogP contribution in [-0.2, 0) is 6.54 Å². The molecular formula is C19H18ClN5O2. The molecule has 0 fully saturated rings. The van der Waals surface area contributed by atoms with Crippen LogP contribution in [-0.4, -0.2) is 31.2 Å². The van der Waals surface area contributed by atoms with Crippen molar-refractivity contribution in [3.05, 3.63) is 63.8 Å². The average Bonchev–Trinajstić information content (AvgIpc) is 2.71. The van der Waals surface area contributed by atoms with Gasteiger partial charge in [-0.1, -0.05) is 29.8 Å². The number of aromatic nitrogens is 4. The number of phenols is 1. The van der Waals surface area contributed by atoms with Crippen LogP contribution in [0, 0.1) is 0 Å². The van der Waals surface area contributed by atoms with Crippen LogP contribution in [0.1, 0.15) is 24.9 Å². The van der Waals surface area contributed by atoms with Gasteiger partial charge in [0.05, 0.1) is 11.7 Å². The first-order valence-corrected chi connectivity index (χ1v) is 9.07. The van der Waals surface area contributed by atoms with Crippen LogP contribution < -0.4 is 10.5 Å². The largest absolute Gasteiger partial charge is 0.508 e. The highest BCUT2D eigenvalue weighted by atomic mass is 35.5. The summed E-state index contributed by atoms with van der Waals surface area (Å²) in [6.45, 7) is 3.25. The number of benzene rings is 1. The first-order chi connectivity index (χ1) is 13.1. The molecule has 2 aromatic heterocycles. The zero-order valence-corrected chi connectivity index (χ0v) is 15.5. The van der Waals surface area contributed by atoms with Gasteiger partial charge in [-0.05, 0) is 25.5 Å². The smallest absolute Gasteiger partial charge is 0.274 e. The molecule has 0 saturated heterocycles. The lowest BCUT2D eigenvalue weighted by Gasteiger charge is -2.36. The molecule has 8 heteroatoms. The summed E-state index contributed by atoms with van der Waals surface area (Å²) in [6.07, 6.45) is 3.77. The Morgan fingerprint density at radius 3 is 2.78 bits per heavy atom. The zero-order valence-electron chi connectivity index (χ0n) is 14.7. The number of fused-ring (bicyclic) bond motifs is 1. The average molecular weight is 384 g/mol. The summed E-state index contributed by atoms with van der Waals surface area (Å²) in [5, 5.41) is 10.3. The van der Waals surface area contributed by atoms with Crippen LogP contribution in [0.5, 0.6) is 5.75 Å². The number of para-hydroxylation sites is 1. The van der Waals surface area contributed by atoms with E-state index in [0.717, 1.165) is 12.0 Å². The van der Waals surface area contributed by atoms with Crippen molar-refractivity contribution in [2.45, 2.75) is 25.9 Å². The Morgan fingerprint density at radius 2 is 2.04 bits per heavy atom.